The minimum absolute atomic E-state index is 0.124. The van der Waals surface area contributed by atoms with Gasteiger partial charge in [0.05, 0.1) is 5.92 Å². The van der Waals surface area contributed by atoms with E-state index in [4.69, 9.17) is 18.0 Å². The highest BCUT2D eigenvalue weighted by Crippen LogP contribution is 2.22. The minimum atomic E-state index is -2.99. The van der Waals surface area contributed by atoms with Crippen LogP contribution in [0, 0.1) is 5.92 Å². The smallest absolute Gasteiger partial charge is 0.458 e. The molecule has 0 radical (unpaired) electrons. The van der Waals surface area contributed by atoms with Crippen LogP contribution in [0.1, 0.15) is 54.4 Å². The number of ether oxygens (including phenoxy) is 1. The number of esters is 1. The number of rotatable bonds is 11. The summed E-state index contributed by atoms with van der Waals surface area (Å²) in [4.78, 5) is 12.0. The van der Waals surface area contributed by atoms with Crippen molar-refractivity contribution in [2.45, 2.75) is 60.1 Å². The fraction of sp³-hybridized carbons (Fsp3) is 0.929. The Morgan fingerprint density at radius 3 is 1.65 bits per heavy atom. The van der Waals surface area contributed by atoms with E-state index in [9.17, 15) is 4.79 Å². The van der Waals surface area contributed by atoms with Crippen LogP contribution in [0.25, 0.3) is 0 Å². The number of carbonyl (C=O) groups is 1. The molecule has 0 aromatic rings. The van der Waals surface area contributed by atoms with Gasteiger partial charge in [-0.3, -0.25) is 4.79 Å². The number of hydrogen-bond acceptors (Lipinski definition) is 5. The number of hydrogen-bond donors (Lipinski definition) is 0. The summed E-state index contributed by atoms with van der Waals surface area (Å²) in [5.41, 5.74) is -0.441. The van der Waals surface area contributed by atoms with E-state index >= 15 is 0 Å². The Labute approximate surface area is 124 Å². The first-order valence-corrected chi connectivity index (χ1v) is 9.43. The van der Waals surface area contributed by atoms with Crippen LogP contribution in [-0.2, 0) is 22.8 Å². The van der Waals surface area contributed by atoms with Crippen molar-refractivity contribution in [2.24, 2.45) is 5.92 Å². The van der Waals surface area contributed by atoms with Crippen molar-refractivity contribution in [1.82, 2.24) is 0 Å². The Morgan fingerprint density at radius 1 is 0.900 bits per heavy atom. The predicted molar refractivity (Wildman–Crippen MR) is 80.3 cm³/mol. The number of carbonyl (C=O) groups excluding carboxylic acids is 1. The molecule has 0 amide bonds. The van der Waals surface area contributed by atoms with Crippen molar-refractivity contribution in [3.8, 4) is 0 Å². The molecule has 0 aromatic carbocycles. The van der Waals surface area contributed by atoms with Gasteiger partial charge in [-0.15, -0.1) is 0 Å². The average molecular weight is 306 g/mol. The van der Waals surface area contributed by atoms with Gasteiger partial charge in [-0.25, -0.2) is 0 Å². The van der Waals surface area contributed by atoms with Crippen LogP contribution in [-0.4, -0.2) is 40.3 Å². The van der Waals surface area contributed by atoms with Gasteiger partial charge in [0.1, 0.15) is 0 Å². The highest BCUT2D eigenvalue weighted by molar-refractivity contribution is 6.62. The topological polar surface area (TPSA) is 54.0 Å². The normalized spacial score (nSPS) is 14.9. The molecule has 20 heavy (non-hydrogen) atoms. The molecule has 0 aromatic heterocycles. The monoisotopic (exact) mass is 306 g/mol. The lowest BCUT2D eigenvalue weighted by Crippen LogP contribution is -2.58. The summed E-state index contributed by atoms with van der Waals surface area (Å²) < 4.78 is 23.0. The molecule has 0 rings (SSSR count). The molecular formula is C14H30O5Si. The molecule has 0 spiro atoms. The molecule has 0 saturated heterocycles. The van der Waals surface area contributed by atoms with Crippen LogP contribution < -0.4 is 0 Å². The summed E-state index contributed by atoms with van der Waals surface area (Å²) in [6, 6.07) is 0. The molecule has 5 nitrogen and oxygen atoms in total. The average Bonchev–Trinajstić information content (AvgIpc) is 2.44. The fourth-order valence-electron chi connectivity index (χ4n) is 1.84. The van der Waals surface area contributed by atoms with Crippen molar-refractivity contribution in [3.63, 3.8) is 0 Å². The van der Waals surface area contributed by atoms with Crippen molar-refractivity contribution in [3.05, 3.63) is 0 Å². The first kappa shape index (κ1) is 19.6. The highest BCUT2D eigenvalue weighted by atomic mass is 28.4. The van der Waals surface area contributed by atoms with Gasteiger partial charge >= 0.3 is 14.8 Å². The van der Waals surface area contributed by atoms with Crippen LogP contribution in [0.2, 0.25) is 0 Å². The third kappa shape index (κ3) is 5.52. The first-order chi connectivity index (χ1) is 9.51. The molecule has 0 aliphatic carbocycles. The molecule has 2 atom stereocenters. The van der Waals surface area contributed by atoms with Crippen molar-refractivity contribution < 1.29 is 22.8 Å². The summed E-state index contributed by atoms with van der Waals surface area (Å²) in [5.74, 6) is -0.337. The lowest BCUT2D eigenvalue weighted by Gasteiger charge is -2.34. The van der Waals surface area contributed by atoms with Crippen LogP contribution >= 0.6 is 0 Å². The largest absolute Gasteiger partial charge is 0.544 e. The van der Waals surface area contributed by atoms with Gasteiger partial charge in [0.15, 0.2) is 5.73 Å². The van der Waals surface area contributed by atoms with E-state index in [2.05, 4.69) is 0 Å². The maximum atomic E-state index is 12.0. The van der Waals surface area contributed by atoms with E-state index in [-0.39, 0.29) is 11.9 Å². The highest BCUT2D eigenvalue weighted by Gasteiger charge is 2.51. The van der Waals surface area contributed by atoms with Gasteiger partial charge in [0, 0.05) is 19.8 Å². The quantitative estimate of drug-likeness (QED) is 0.434. The molecule has 0 N–H and O–H groups in total. The second-order valence-electron chi connectivity index (χ2n) is 4.55. The first-order valence-electron chi connectivity index (χ1n) is 7.63. The Morgan fingerprint density at radius 2 is 1.35 bits per heavy atom. The maximum Gasteiger partial charge on any atom is 0.544 e. The van der Waals surface area contributed by atoms with E-state index in [0.717, 1.165) is 6.42 Å². The molecule has 0 fully saturated rings. The van der Waals surface area contributed by atoms with Crippen molar-refractivity contribution >= 4 is 14.8 Å². The Hall–Kier alpha value is -0.433. The Kier molecular flexibility index (Phi) is 10.1. The summed E-state index contributed by atoms with van der Waals surface area (Å²) >= 11 is 0. The van der Waals surface area contributed by atoms with Crippen LogP contribution in [0.3, 0.4) is 0 Å². The second kappa shape index (κ2) is 10.3. The molecule has 2 unspecified atom stereocenters. The van der Waals surface area contributed by atoms with Crippen molar-refractivity contribution in [1.29, 1.82) is 0 Å². The minimum Gasteiger partial charge on any atom is -0.458 e. The molecule has 0 bridgehead atoms. The lowest BCUT2D eigenvalue weighted by molar-refractivity contribution is -0.153. The maximum absolute atomic E-state index is 12.0. The van der Waals surface area contributed by atoms with E-state index < -0.39 is 14.5 Å². The SMILES string of the molecule is CCO[Si](OCC)(OCC)C(CC)OC(=O)C(C)CC. The Balaban J connectivity index is 5.09. The van der Waals surface area contributed by atoms with Gasteiger partial charge in [-0.1, -0.05) is 20.8 Å². The van der Waals surface area contributed by atoms with Crippen LogP contribution in [0.15, 0.2) is 0 Å². The van der Waals surface area contributed by atoms with E-state index in [1.54, 1.807) is 0 Å². The molecule has 0 aliphatic rings. The molecular weight excluding hydrogens is 276 g/mol. The lowest BCUT2D eigenvalue weighted by atomic mass is 10.1. The predicted octanol–water partition coefficient (Wildman–Crippen LogP) is 2.94. The second-order valence-corrected chi connectivity index (χ2v) is 7.26. The standard InChI is InChI=1S/C14H30O5Si/c1-7-12(6)14(15)19-13(8-2)20(16-9-3,17-10-4)18-11-5/h12-13H,7-11H2,1-6H3. The van der Waals surface area contributed by atoms with Gasteiger partial charge in [-0.2, -0.15) is 0 Å². The molecule has 0 aliphatic heterocycles. The van der Waals surface area contributed by atoms with Gasteiger partial charge in [0.25, 0.3) is 0 Å². The van der Waals surface area contributed by atoms with Crippen LogP contribution in [0.4, 0.5) is 0 Å². The zero-order chi connectivity index (χ0) is 15.6. The van der Waals surface area contributed by atoms with E-state index in [1.807, 2.05) is 41.5 Å². The summed E-state index contributed by atoms with van der Waals surface area (Å²) in [6.45, 7) is 12.9. The molecule has 0 saturated carbocycles. The molecule has 120 valence electrons. The van der Waals surface area contributed by atoms with Gasteiger partial charge < -0.3 is 18.0 Å². The van der Waals surface area contributed by atoms with Gasteiger partial charge in [0.2, 0.25) is 0 Å². The summed E-state index contributed by atoms with van der Waals surface area (Å²) in [5, 5.41) is 0. The molecule has 6 heteroatoms. The fourth-order valence-corrected chi connectivity index (χ4v) is 4.61. The third-order valence-corrected chi connectivity index (χ3v) is 6.46. The molecule has 0 heterocycles. The van der Waals surface area contributed by atoms with Crippen LogP contribution in [0.5, 0.6) is 0 Å². The van der Waals surface area contributed by atoms with E-state index in [1.165, 1.54) is 0 Å². The van der Waals surface area contributed by atoms with Gasteiger partial charge in [-0.05, 0) is 33.6 Å². The Bertz CT molecular complexity index is 255. The zero-order valence-corrected chi connectivity index (χ0v) is 14.7. The zero-order valence-electron chi connectivity index (χ0n) is 13.7. The van der Waals surface area contributed by atoms with Crippen molar-refractivity contribution in [2.75, 3.05) is 19.8 Å². The van der Waals surface area contributed by atoms with E-state index in [0.29, 0.717) is 26.2 Å². The summed E-state index contributed by atoms with van der Waals surface area (Å²) in [6.07, 6.45) is 1.37. The third-order valence-electron chi connectivity index (χ3n) is 3.07. The summed E-state index contributed by atoms with van der Waals surface area (Å²) in [7, 11) is -2.99.